The van der Waals surface area contributed by atoms with E-state index in [2.05, 4.69) is 33.8 Å². The van der Waals surface area contributed by atoms with Gasteiger partial charge in [-0.1, -0.05) is 24.3 Å². The second-order valence-electron chi connectivity index (χ2n) is 8.38. The molecular weight excluding hydrogens is 533 g/mol. The van der Waals surface area contributed by atoms with Crippen LogP contribution >= 0.6 is 24.0 Å². The standard InChI is InChI=1S/C25H31N3O4.HI/c1-26-24(27-16-17-10-11-19(23(29)31-3)22(14-17)30-2)28-20-15-25(12-6-7-13-25)32-21-9-5-4-8-18(20)21;/h4-5,8-11,14,20H,6-7,12-13,15-16H2,1-3H3,(H2,26,27,28);1H. The van der Waals surface area contributed by atoms with Crippen molar-refractivity contribution in [3.05, 3.63) is 59.2 Å². The fourth-order valence-electron chi connectivity index (χ4n) is 4.74. The van der Waals surface area contributed by atoms with Gasteiger partial charge in [0, 0.05) is 25.6 Å². The molecule has 7 nitrogen and oxygen atoms in total. The molecule has 1 aliphatic carbocycles. The Balaban J connectivity index is 0.00000306. The molecule has 2 N–H and O–H groups in total. The van der Waals surface area contributed by atoms with Gasteiger partial charge in [-0.25, -0.2) is 4.79 Å². The first-order valence-corrected chi connectivity index (χ1v) is 11.1. The molecule has 0 radical (unpaired) electrons. The minimum atomic E-state index is -0.419. The fraction of sp³-hybridized carbons (Fsp3) is 0.440. The van der Waals surface area contributed by atoms with E-state index in [9.17, 15) is 4.79 Å². The lowest BCUT2D eigenvalue weighted by Gasteiger charge is -2.40. The van der Waals surface area contributed by atoms with Gasteiger partial charge in [-0.05, 0) is 49.4 Å². The van der Waals surface area contributed by atoms with Gasteiger partial charge in [0.25, 0.3) is 0 Å². The lowest BCUT2D eigenvalue weighted by atomic mass is 9.86. The fourth-order valence-corrected chi connectivity index (χ4v) is 4.74. The van der Waals surface area contributed by atoms with Crippen LogP contribution in [-0.2, 0) is 11.3 Å². The number of carbonyl (C=O) groups excluding carboxylic acids is 1. The van der Waals surface area contributed by atoms with Crippen molar-refractivity contribution in [2.75, 3.05) is 21.3 Å². The van der Waals surface area contributed by atoms with E-state index in [1.165, 1.54) is 20.0 Å². The summed E-state index contributed by atoms with van der Waals surface area (Å²) in [5.74, 6) is 1.76. The summed E-state index contributed by atoms with van der Waals surface area (Å²) >= 11 is 0. The van der Waals surface area contributed by atoms with E-state index in [1.807, 2.05) is 18.2 Å². The molecule has 1 fully saturated rings. The van der Waals surface area contributed by atoms with E-state index in [4.69, 9.17) is 14.2 Å². The molecule has 2 aliphatic rings. The van der Waals surface area contributed by atoms with Crippen molar-refractivity contribution in [2.45, 2.75) is 50.3 Å². The minimum absolute atomic E-state index is 0. The molecule has 33 heavy (non-hydrogen) atoms. The number of rotatable bonds is 5. The van der Waals surface area contributed by atoms with Crippen LogP contribution in [0.3, 0.4) is 0 Å². The van der Waals surface area contributed by atoms with Crippen LogP contribution in [0.2, 0.25) is 0 Å². The van der Waals surface area contributed by atoms with Crippen molar-refractivity contribution >= 4 is 35.9 Å². The van der Waals surface area contributed by atoms with E-state index in [0.717, 1.165) is 42.1 Å². The number of halogens is 1. The predicted molar refractivity (Wildman–Crippen MR) is 139 cm³/mol. The molecule has 178 valence electrons. The van der Waals surface area contributed by atoms with Gasteiger partial charge in [0.15, 0.2) is 5.96 Å². The van der Waals surface area contributed by atoms with Crippen LogP contribution in [0.4, 0.5) is 0 Å². The SMILES string of the molecule is CN=C(NCc1ccc(C(=O)OC)c(OC)c1)NC1CC2(CCCC2)Oc2ccccc21.I. The highest BCUT2D eigenvalue weighted by Gasteiger charge is 2.43. The van der Waals surface area contributed by atoms with Gasteiger partial charge in [-0.15, -0.1) is 24.0 Å². The first kappa shape index (κ1) is 25.1. The summed E-state index contributed by atoms with van der Waals surface area (Å²) in [4.78, 5) is 16.3. The molecule has 4 rings (SSSR count). The summed E-state index contributed by atoms with van der Waals surface area (Å²) in [7, 11) is 4.67. The summed E-state index contributed by atoms with van der Waals surface area (Å²) in [6, 6.07) is 13.8. The largest absolute Gasteiger partial charge is 0.496 e. The molecular formula is C25H32IN3O4. The van der Waals surface area contributed by atoms with Crippen LogP contribution in [0, 0.1) is 0 Å². The van der Waals surface area contributed by atoms with Gasteiger partial charge < -0.3 is 24.8 Å². The Hall–Kier alpha value is -2.49. The maximum absolute atomic E-state index is 11.9. The van der Waals surface area contributed by atoms with Crippen molar-refractivity contribution in [3.63, 3.8) is 0 Å². The summed E-state index contributed by atoms with van der Waals surface area (Å²) in [5, 5.41) is 6.99. The lowest BCUT2D eigenvalue weighted by Crippen LogP contribution is -2.46. The third-order valence-corrected chi connectivity index (χ3v) is 6.38. The molecule has 2 aromatic rings. The highest BCUT2D eigenvalue weighted by atomic mass is 127. The van der Waals surface area contributed by atoms with Crippen molar-refractivity contribution in [3.8, 4) is 11.5 Å². The smallest absolute Gasteiger partial charge is 0.341 e. The van der Waals surface area contributed by atoms with Gasteiger partial charge in [-0.2, -0.15) is 0 Å². The number of esters is 1. The molecule has 1 heterocycles. The van der Waals surface area contributed by atoms with Crippen molar-refractivity contribution in [1.29, 1.82) is 0 Å². The second kappa shape index (κ2) is 11.1. The summed E-state index contributed by atoms with van der Waals surface area (Å²) in [6.07, 6.45) is 5.54. The first-order chi connectivity index (χ1) is 15.6. The maximum atomic E-state index is 11.9. The zero-order chi connectivity index (χ0) is 22.6. The van der Waals surface area contributed by atoms with E-state index >= 15 is 0 Å². The molecule has 0 saturated heterocycles. The number of carbonyl (C=O) groups is 1. The average molecular weight is 565 g/mol. The molecule has 2 aromatic carbocycles. The van der Waals surface area contributed by atoms with Gasteiger partial charge >= 0.3 is 5.97 Å². The first-order valence-electron chi connectivity index (χ1n) is 11.1. The Bertz CT molecular complexity index is 1000. The van der Waals surface area contributed by atoms with E-state index < -0.39 is 5.97 Å². The molecule has 0 aromatic heterocycles. The van der Waals surface area contributed by atoms with Crippen LogP contribution in [0.5, 0.6) is 11.5 Å². The molecule has 1 atom stereocenters. The van der Waals surface area contributed by atoms with E-state index in [0.29, 0.717) is 17.9 Å². The number of ether oxygens (including phenoxy) is 3. The van der Waals surface area contributed by atoms with Crippen LogP contribution in [0.15, 0.2) is 47.5 Å². The Kier molecular flexibility index (Phi) is 8.45. The molecule has 0 amide bonds. The van der Waals surface area contributed by atoms with Crippen molar-refractivity contribution in [2.24, 2.45) is 4.99 Å². The molecule has 1 aliphatic heterocycles. The monoisotopic (exact) mass is 565 g/mol. The zero-order valence-electron chi connectivity index (χ0n) is 19.3. The van der Waals surface area contributed by atoms with Crippen LogP contribution in [0.1, 0.15) is 59.6 Å². The number of benzene rings is 2. The quantitative estimate of drug-likeness (QED) is 0.239. The number of para-hydroxylation sites is 1. The van der Waals surface area contributed by atoms with Crippen LogP contribution in [0.25, 0.3) is 0 Å². The average Bonchev–Trinajstić information content (AvgIpc) is 3.27. The number of aliphatic imine (C=N–C) groups is 1. The topological polar surface area (TPSA) is 81.2 Å². The Labute approximate surface area is 212 Å². The Morgan fingerprint density at radius 2 is 1.94 bits per heavy atom. The van der Waals surface area contributed by atoms with Gasteiger partial charge in [0.05, 0.1) is 20.3 Å². The molecule has 8 heteroatoms. The molecule has 1 spiro atoms. The van der Waals surface area contributed by atoms with Gasteiger partial charge in [-0.3, -0.25) is 4.99 Å². The summed E-state index contributed by atoms with van der Waals surface area (Å²) < 4.78 is 16.6. The summed E-state index contributed by atoms with van der Waals surface area (Å²) in [5.41, 5.74) is 2.46. The summed E-state index contributed by atoms with van der Waals surface area (Å²) in [6.45, 7) is 0.535. The predicted octanol–water partition coefficient (Wildman–Crippen LogP) is 4.60. The lowest BCUT2D eigenvalue weighted by molar-refractivity contribution is 0.0396. The van der Waals surface area contributed by atoms with Crippen LogP contribution < -0.4 is 20.1 Å². The van der Waals surface area contributed by atoms with Gasteiger partial charge in [0.1, 0.15) is 22.7 Å². The van der Waals surface area contributed by atoms with Crippen molar-refractivity contribution in [1.82, 2.24) is 10.6 Å². The van der Waals surface area contributed by atoms with Crippen LogP contribution in [-0.4, -0.2) is 38.8 Å². The number of nitrogens with zero attached hydrogens (tertiary/aromatic N) is 1. The highest BCUT2D eigenvalue weighted by Crippen LogP contribution is 2.46. The van der Waals surface area contributed by atoms with E-state index in [-0.39, 0.29) is 35.6 Å². The number of methoxy groups -OCH3 is 2. The number of fused-ring (bicyclic) bond motifs is 1. The second-order valence-corrected chi connectivity index (χ2v) is 8.38. The minimum Gasteiger partial charge on any atom is -0.496 e. The number of guanidine groups is 1. The Morgan fingerprint density at radius 3 is 2.64 bits per heavy atom. The Morgan fingerprint density at radius 1 is 1.18 bits per heavy atom. The molecule has 0 bridgehead atoms. The highest BCUT2D eigenvalue weighted by molar-refractivity contribution is 14.0. The third-order valence-electron chi connectivity index (χ3n) is 6.38. The third kappa shape index (κ3) is 5.54. The number of hydrogen-bond acceptors (Lipinski definition) is 5. The number of nitrogens with one attached hydrogen (secondary N) is 2. The molecule has 1 saturated carbocycles. The normalized spacial score (nSPS) is 18.5. The number of hydrogen-bond donors (Lipinski definition) is 2. The van der Waals surface area contributed by atoms with Gasteiger partial charge in [0.2, 0.25) is 0 Å². The molecule has 1 unspecified atom stereocenters. The van der Waals surface area contributed by atoms with Crippen molar-refractivity contribution < 1.29 is 19.0 Å². The zero-order valence-corrected chi connectivity index (χ0v) is 21.7. The maximum Gasteiger partial charge on any atom is 0.341 e. The van der Waals surface area contributed by atoms with E-state index in [1.54, 1.807) is 20.2 Å².